The zero-order valence-electron chi connectivity index (χ0n) is 17.9. The van der Waals surface area contributed by atoms with Crippen LogP contribution in [0.4, 0.5) is 5.95 Å². The molecule has 10 nitrogen and oxygen atoms in total. The third-order valence-corrected chi connectivity index (χ3v) is 4.48. The van der Waals surface area contributed by atoms with Gasteiger partial charge in [0.2, 0.25) is 0 Å². The van der Waals surface area contributed by atoms with E-state index in [0.29, 0.717) is 16.4 Å². The van der Waals surface area contributed by atoms with Crippen molar-refractivity contribution in [1.82, 2.24) is 29.9 Å². The number of esters is 1. The predicted molar refractivity (Wildman–Crippen MR) is 120 cm³/mol. The second-order valence-electron chi connectivity index (χ2n) is 6.61. The van der Waals surface area contributed by atoms with Crippen molar-refractivity contribution in [3.8, 4) is 5.95 Å². The summed E-state index contributed by atoms with van der Waals surface area (Å²) in [5.41, 5.74) is 1.53. The summed E-state index contributed by atoms with van der Waals surface area (Å²) in [4.78, 5) is 33.3. The lowest BCUT2D eigenvalue weighted by Crippen LogP contribution is -2.26. The fourth-order valence-electron chi connectivity index (χ4n) is 2.53. The van der Waals surface area contributed by atoms with Gasteiger partial charge in [-0.25, -0.2) is 19.3 Å². The summed E-state index contributed by atoms with van der Waals surface area (Å²) in [7, 11) is 0. The summed E-state index contributed by atoms with van der Waals surface area (Å²) >= 11 is 5.92. The van der Waals surface area contributed by atoms with Crippen LogP contribution in [0, 0.1) is 13.8 Å². The lowest BCUT2D eigenvalue weighted by Gasteiger charge is -2.09. The largest absolute Gasteiger partial charge is 0.462 e. The van der Waals surface area contributed by atoms with E-state index in [1.807, 2.05) is 18.2 Å². The first-order chi connectivity index (χ1) is 15.3. The van der Waals surface area contributed by atoms with Crippen molar-refractivity contribution in [2.45, 2.75) is 27.7 Å². The highest BCUT2D eigenvalue weighted by atomic mass is 35.5. The molecule has 0 aliphatic heterocycles. The molecule has 2 heterocycles. The summed E-state index contributed by atoms with van der Waals surface area (Å²) in [6.07, 6.45) is 3.58. The van der Waals surface area contributed by atoms with Gasteiger partial charge in [-0.2, -0.15) is 0 Å². The molecule has 2 aromatic heterocycles. The second-order valence-corrected chi connectivity index (χ2v) is 7.05. The minimum absolute atomic E-state index is 0.00100. The Bertz CT molecular complexity index is 1270. The molecule has 0 N–H and O–H groups in total. The number of benzene rings is 1. The van der Waals surface area contributed by atoms with Crippen LogP contribution in [0.15, 0.2) is 34.1 Å². The number of nitrogens with zero attached hydrogens (tertiary/aromatic N) is 7. The van der Waals surface area contributed by atoms with Gasteiger partial charge >= 0.3 is 5.97 Å². The topological polar surface area (TPSA) is 125 Å². The summed E-state index contributed by atoms with van der Waals surface area (Å²) in [6, 6.07) is 7.27. The Morgan fingerprint density at radius 3 is 2.47 bits per heavy atom. The molecule has 0 unspecified atom stereocenters. The lowest BCUT2D eigenvalue weighted by atomic mass is 10.2. The van der Waals surface area contributed by atoms with E-state index < -0.39 is 11.5 Å². The first kappa shape index (κ1) is 22.9. The van der Waals surface area contributed by atoms with Crippen LogP contribution < -0.4 is 5.56 Å². The molecule has 1 aromatic carbocycles. The van der Waals surface area contributed by atoms with Crippen LogP contribution in [0.5, 0.6) is 0 Å². The molecule has 0 spiro atoms. The highest BCUT2D eigenvalue weighted by Gasteiger charge is 2.17. The Labute approximate surface area is 188 Å². The third-order valence-electron chi connectivity index (χ3n) is 4.22. The molecule has 0 bridgehead atoms. The van der Waals surface area contributed by atoms with Gasteiger partial charge in [0, 0.05) is 5.02 Å². The Balaban J connectivity index is 2.08. The quantitative estimate of drug-likeness (QED) is 0.412. The predicted octanol–water partition coefficient (Wildman–Crippen LogP) is 2.91. The zero-order chi connectivity index (χ0) is 23.3. The molecule has 0 saturated heterocycles. The number of halogens is 1. The van der Waals surface area contributed by atoms with Crippen LogP contribution in [-0.4, -0.2) is 48.2 Å². The van der Waals surface area contributed by atoms with Crippen LogP contribution >= 0.6 is 11.6 Å². The van der Waals surface area contributed by atoms with Crippen LogP contribution in [0.25, 0.3) is 18.1 Å². The summed E-state index contributed by atoms with van der Waals surface area (Å²) in [5.74, 6) is -0.849. The van der Waals surface area contributed by atoms with Gasteiger partial charge in [-0.3, -0.25) is 4.79 Å². The maximum atomic E-state index is 12.8. The Kier molecular flexibility index (Phi) is 7.16. The van der Waals surface area contributed by atoms with E-state index in [2.05, 4.69) is 30.4 Å². The van der Waals surface area contributed by atoms with Crippen LogP contribution in [0.2, 0.25) is 5.02 Å². The smallest absolute Gasteiger partial charge is 0.352 e. The van der Waals surface area contributed by atoms with E-state index in [0.717, 1.165) is 10.1 Å². The molecule has 0 atom stereocenters. The van der Waals surface area contributed by atoms with E-state index in [1.165, 1.54) is 13.8 Å². The van der Waals surface area contributed by atoms with Crippen molar-refractivity contribution < 1.29 is 9.53 Å². The number of aliphatic imine (C=N–C) groups is 1. The standard InChI is InChI=1S/C21H20ClN7O3/c1-5-32-19(31)14(4)23-20-27-26-13(3)18(30)29(20)21-24-17(12(2)25-28-21)11-8-15-6-9-16(22)10-7-15/h6-11H,5H2,1-4H3/b11-8+,23-14+. The average Bonchev–Trinajstić information content (AvgIpc) is 2.77. The molecule has 3 rings (SSSR count). The van der Waals surface area contributed by atoms with Crippen LogP contribution in [-0.2, 0) is 9.53 Å². The number of aromatic nitrogens is 6. The minimum Gasteiger partial charge on any atom is -0.462 e. The van der Waals surface area contributed by atoms with Gasteiger partial charge in [-0.05, 0) is 51.5 Å². The Hall–Kier alpha value is -3.79. The molecular formula is C21H20ClN7O3. The fourth-order valence-corrected chi connectivity index (χ4v) is 2.65. The van der Waals surface area contributed by atoms with E-state index in [-0.39, 0.29) is 29.9 Å². The SMILES string of the molecule is CCOC(=O)/C(C)=N/c1nnc(C)c(=O)n1-c1nnc(C)c(/C=C/c2ccc(Cl)cc2)n1. The van der Waals surface area contributed by atoms with Gasteiger partial charge in [0.1, 0.15) is 11.4 Å². The van der Waals surface area contributed by atoms with Gasteiger partial charge in [-0.1, -0.05) is 29.8 Å². The number of rotatable bonds is 6. The molecule has 0 fully saturated rings. The van der Waals surface area contributed by atoms with Gasteiger partial charge in [0.25, 0.3) is 17.5 Å². The minimum atomic E-state index is -0.636. The van der Waals surface area contributed by atoms with Gasteiger partial charge in [0.15, 0.2) is 0 Å². The van der Waals surface area contributed by atoms with Crippen molar-refractivity contribution in [3.63, 3.8) is 0 Å². The molecule has 0 radical (unpaired) electrons. The molecule has 32 heavy (non-hydrogen) atoms. The average molecular weight is 454 g/mol. The van der Waals surface area contributed by atoms with Crippen molar-refractivity contribution >= 4 is 41.4 Å². The molecule has 3 aromatic rings. The normalized spacial score (nSPS) is 11.7. The van der Waals surface area contributed by atoms with E-state index in [9.17, 15) is 9.59 Å². The van der Waals surface area contributed by atoms with Gasteiger partial charge in [0.05, 0.1) is 18.0 Å². The van der Waals surface area contributed by atoms with Crippen molar-refractivity contribution in [2.75, 3.05) is 6.61 Å². The van der Waals surface area contributed by atoms with Crippen molar-refractivity contribution in [1.29, 1.82) is 0 Å². The molecule has 11 heteroatoms. The third kappa shape index (κ3) is 5.27. The lowest BCUT2D eigenvalue weighted by molar-refractivity contribution is -0.135. The highest BCUT2D eigenvalue weighted by Crippen LogP contribution is 2.15. The maximum absolute atomic E-state index is 12.8. The van der Waals surface area contributed by atoms with E-state index in [4.69, 9.17) is 16.3 Å². The summed E-state index contributed by atoms with van der Waals surface area (Å²) in [5, 5.41) is 16.5. The van der Waals surface area contributed by atoms with E-state index in [1.54, 1.807) is 32.1 Å². The van der Waals surface area contributed by atoms with Crippen molar-refractivity contribution in [2.24, 2.45) is 4.99 Å². The first-order valence-corrected chi connectivity index (χ1v) is 10.0. The van der Waals surface area contributed by atoms with E-state index >= 15 is 0 Å². The number of hydrogen-bond donors (Lipinski definition) is 0. The van der Waals surface area contributed by atoms with Gasteiger partial charge < -0.3 is 4.74 Å². The molecule has 0 saturated carbocycles. The van der Waals surface area contributed by atoms with Crippen LogP contribution in [0.3, 0.4) is 0 Å². The molecule has 164 valence electrons. The maximum Gasteiger partial charge on any atom is 0.352 e. The molecular weight excluding hydrogens is 434 g/mol. The fraction of sp³-hybridized carbons (Fsp3) is 0.238. The molecule has 0 aliphatic rings. The molecule has 0 amide bonds. The summed E-state index contributed by atoms with van der Waals surface area (Å²) in [6.45, 7) is 6.56. The monoisotopic (exact) mass is 453 g/mol. The number of ether oxygens (including phenoxy) is 1. The molecule has 0 aliphatic carbocycles. The first-order valence-electron chi connectivity index (χ1n) is 9.64. The highest BCUT2D eigenvalue weighted by molar-refractivity contribution is 6.35. The Morgan fingerprint density at radius 2 is 1.78 bits per heavy atom. The number of carbonyl (C=O) groups is 1. The van der Waals surface area contributed by atoms with Gasteiger partial charge in [-0.15, -0.1) is 20.4 Å². The number of carbonyl (C=O) groups excluding carboxylic acids is 1. The number of hydrogen-bond acceptors (Lipinski definition) is 9. The number of aryl methyl sites for hydroxylation is 2. The Morgan fingerprint density at radius 1 is 1.09 bits per heavy atom. The summed E-state index contributed by atoms with van der Waals surface area (Å²) < 4.78 is 5.98. The van der Waals surface area contributed by atoms with Crippen molar-refractivity contribution in [3.05, 3.63) is 62.3 Å². The van der Waals surface area contributed by atoms with Crippen LogP contribution in [0.1, 0.15) is 36.5 Å². The second kappa shape index (κ2) is 10.0. The zero-order valence-corrected chi connectivity index (χ0v) is 18.7.